The van der Waals surface area contributed by atoms with Crippen LogP contribution >= 0.6 is 0 Å². The summed E-state index contributed by atoms with van der Waals surface area (Å²) in [5.41, 5.74) is 3.50. The number of carbonyl (C=O) groups excluding carboxylic acids is 1. The predicted octanol–water partition coefficient (Wildman–Crippen LogP) is 8.54. The van der Waals surface area contributed by atoms with Crippen molar-refractivity contribution in [3.05, 3.63) is 35.5 Å². The zero-order valence-corrected chi connectivity index (χ0v) is 25.7. The fourth-order valence-corrected chi connectivity index (χ4v) is 10.7. The van der Waals surface area contributed by atoms with E-state index >= 15 is 0 Å². The summed E-state index contributed by atoms with van der Waals surface area (Å²) in [4.78, 5) is 13.9. The van der Waals surface area contributed by atoms with Gasteiger partial charge in [0.05, 0.1) is 17.1 Å². The molecule has 2 unspecified atom stereocenters. The van der Waals surface area contributed by atoms with E-state index < -0.39 is 0 Å². The van der Waals surface area contributed by atoms with E-state index in [-0.39, 0.29) is 38.5 Å². The molecular formula is C35H52N2O. The minimum Gasteiger partial charge on any atom is -0.353 e. The molecule has 0 radical (unpaired) electrons. The first kappa shape index (κ1) is 27.7. The largest absolute Gasteiger partial charge is 0.353 e. The van der Waals surface area contributed by atoms with E-state index in [0.717, 1.165) is 49.7 Å². The molecular weight excluding hydrogens is 464 g/mol. The lowest BCUT2D eigenvalue weighted by molar-refractivity contribution is -0.160. The average molecular weight is 517 g/mol. The van der Waals surface area contributed by atoms with Crippen LogP contribution in [0, 0.1) is 61.6 Å². The van der Waals surface area contributed by atoms with Crippen molar-refractivity contribution >= 4 is 5.91 Å². The molecule has 0 bridgehead atoms. The summed E-state index contributed by atoms with van der Waals surface area (Å²) < 4.78 is 0. The van der Waals surface area contributed by atoms with E-state index in [1.807, 2.05) is 0 Å². The predicted molar refractivity (Wildman–Crippen MR) is 156 cm³/mol. The van der Waals surface area contributed by atoms with Crippen LogP contribution in [0.5, 0.6) is 0 Å². The van der Waals surface area contributed by atoms with Gasteiger partial charge in [0.1, 0.15) is 0 Å². The molecule has 0 saturated heterocycles. The molecule has 0 aromatic rings. The number of nitrogens with zero attached hydrogens (tertiary/aromatic N) is 1. The van der Waals surface area contributed by atoms with Crippen LogP contribution in [0.4, 0.5) is 0 Å². The average Bonchev–Trinajstić information content (AvgIpc) is 2.81. The Morgan fingerprint density at radius 1 is 1.03 bits per heavy atom. The fraction of sp³-hybridized carbons (Fsp3) is 0.771. The number of hydrogen-bond donors (Lipinski definition) is 1. The normalized spacial score (nSPS) is 44.9. The van der Waals surface area contributed by atoms with Crippen LogP contribution in [-0.4, -0.2) is 11.9 Å². The zero-order valence-electron chi connectivity index (χ0n) is 25.7. The Morgan fingerprint density at radius 3 is 2.32 bits per heavy atom. The minimum atomic E-state index is -0.270. The first-order chi connectivity index (χ1) is 17.5. The summed E-state index contributed by atoms with van der Waals surface area (Å²) in [5.74, 6) is 1.59. The number of fused-ring (bicyclic) bond motifs is 7. The molecule has 3 heteroatoms. The third kappa shape index (κ3) is 3.47. The van der Waals surface area contributed by atoms with Crippen molar-refractivity contribution in [2.24, 2.45) is 50.2 Å². The maximum absolute atomic E-state index is 13.9. The van der Waals surface area contributed by atoms with Gasteiger partial charge in [-0.3, -0.25) is 4.79 Å². The SMILES string of the molecule is C=C1C(C#N)=C[C@]2(C)C3CC=C4[C@@H]5CC(C)(C)CCC5(C(=O)NC(C)C)CC[C@@]4(C)[C@]3(C)CC[C@H]2C1(C)C. The number of rotatable bonds is 2. The maximum atomic E-state index is 13.9. The second-order valence-corrected chi connectivity index (χ2v) is 16.2. The monoisotopic (exact) mass is 516 g/mol. The Hall–Kier alpha value is -1.82. The molecule has 0 aliphatic heterocycles. The molecule has 1 amide bonds. The standard InChI is InChI=1S/C35H52N2O/c1-22(2)37-29(38)35-17-15-30(4,5)20-26(35)25-11-12-28-32(8)19-24(21-36)23(3)31(6,7)27(32)13-14-34(28,10)33(25,9)16-18-35/h11,19,22,26-28H,3,12-18,20H2,1-2,4-10H3,(H,37,38)/t26-,27-,28?,32-,33+,34+,35?/m0/s1. The van der Waals surface area contributed by atoms with E-state index in [0.29, 0.717) is 23.7 Å². The van der Waals surface area contributed by atoms with E-state index in [1.165, 1.54) is 12.8 Å². The maximum Gasteiger partial charge on any atom is 0.227 e. The number of allylic oxidation sites excluding steroid dienone is 5. The molecule has 5 aliphatic carbocycles. The van der Waals surface area contributed by atoms with Crippen molar-refractivity contribution in [2.45, 2.75) is 120 Å². The Labute approximate surface area is 232 Å². The van der Waals surface area contributed by atoms with Crippen LogP contribution in [0.3, 0.4) is 0 Å². The summed E-state index contributed by atoms with van der Waals surface area (Å²) >= 11 is 0. The highest BCUT2D eigenvalue weighted by Crippen LogP contribution is 2.75. The van der Waals surface area contributed by atoms with E-state index in [4.69, 9.17) is 0 Å². The molecule has 7 atom stereocenters. The molecule has 0 aromatic heterocycles. The lowest BCUT2D eigenvalue weighted by Gasteiger charge is -2.70. The minimum absolute atomic E-state index is 0.0385. The van der Waals surface area contributed by atoms with Crippen molar-refractivity contribution in [1.82, 2.24) is 5.32 Å². The van der Waals surface area contributed by atoms with E-state index in [9.17, 15) is 10.1 Å². The van der Waals surface area contributed by atoms with Crippen LogP contribution in [0.2, 0.25) is 0 Å². The third-order valence-corrected chi connectivity index (χ3v) is 13.2. The van der Waals surface area contributed by atoms with Crippen molar-refractivity contribution in [3.8, 4) is 6.07 Å². The topological polar surface area (TPSA) is 52.9 Å². The van der Waals surface area contributed by atoms with Crippen LogP contribution in [0.1, 0.15) is 114 Å². The Bertz CT molecular complexity index is 1160. The molecule has 3 nitrogen and oxygen atoms in total. The molecule has 1 N–H and O–H groups in total. The number of nitriles is 1. The van der Waals surface area contributed by atoms with Crippen molar-refractivity contribution in [2.75, 3.05) is 0 Å². The highest BCUT2D eigenvalue weighted by molar-refractivity contribution is 5.84. The Kier molecular flexibility index (Phi) is 6.09. The van der Waals surface area contributed by atoms with Crippen LogP contribution in [0.25, 0.3) is 0 Å². The lowest BCUT2D eigenvalue weighted by atomic mass is 9.34. The first-order valence-electron chi connectivity index (χ1n) is 15.3. The molecule has 208 valence electrons. The van der Waals surface area contributed by atoms with Crippen LogP contribution in [-0.2, 0) is 4.79 Å². The third-order valence-electron chi connectivity index (χ3n) is 13.2. The van der Waals surface area contributed by atoms with Crippen molar-refractivity contribution in [3.63, 3.8) is 0 Å². The van der Waals surface area contributed by atoms with Gasteiger partial charge in [-0.1, -0.05) is 72.8 Å². The van der Waals surface area contributed by atoms with Gasteiger partial charge < -0.3 is 5.32 Å². The van der Waals surface area contributed by atoms with Crippen molar-refractivity contribution in [1.29, 1.82) is 5.26 Å². The van der Waals surface area contributed by atoms with Gasteiger partial charge in [0.25, 0.3) is 0 Å². The summed E-state index contributed by atoms with van der Waals surface area (Å²) in [6.45, 7) is 25.7. The highest BCUT2D eigenvalue weighted by atomic mass is 16.2. The molecule has 0 heterocycles. The lowest BCUT2D eigenvalue weighted by Crippen LogP contribution is -2.64. The van der Waals surface area contributed by atoms with Gasteiger partial charge in [-0.05, 0) is 116 Å². The van der Waals surface area contributed by atoms with Crippen LogP contribution < -0.4 is 5.32 Å². The summed E-state index contributed by atoms with van der Waals surface area (Å²) in [7, 11) is 0. The van der Waals surface area contributed by atoms with Gasteiger partial charge >= 0.3 is 0 Å². The number of hydrogen-bond acceptors (Lipinski definition) is 2. The number of carbonyl (C=O) groups is 1. The zero-order chi connectivity index (χ0) is 28.1. The number of nitrogens with one attached hydrogen (secondary N) is 1. The van der Waals surface area contributed by atoms with Gasteiger partial charge in [-0.2, -0.15) is 5.26 Å². The molecule has 38 heavy (non-hydrogen) atoms. The number of amides is 1. The van der Waals surface area contributed by atoms with E-state index in [1.54, 1.807) is 5.57 Å². The fourth-order valence-electron chi connectivity index (χ4n) is 10.7. The summed E-state index contributed by atoms with van der Waals surface area (Å²) in [6.07, 6.45) is 13.7. The van der Waals surface area contributed by atoms with Crippen LogP contribution in [0.15, 0.2) is 35.5 Å². The summed E-state index contributed by atoms with van der Waals surface area (Å²) in [6, 6.07) is 2.69. The highest BCUT2D eigenvalue weighted by Gasteiger charge is 2.68. The quantitative estimate of drug-likeness (QED) is 0.374. The molecule has 5 rings (SSSR count). The second kappa shape index (κ2) is 8.34. The molecule has 3 saturated carbocycles. The van der Waals surface area contributed by atoms with Gasteiger partial charge in [0, 0.05) is 6.04 Å². The molecule has 3 fully saturated rings. The van der Waals surface area contributed by atoms with Crippen molar-refractivity contribution < 1.29 is 4.79 Å². The molecule has 0 spiro atoms. The van der Waals surface area contributed by atoms with Gasteiger partial charge in [0.2, 0.25) is 5.91 Å². The van der Waals surface area contributed by atoms with Gasteiger partial charge in [-0.25, -0.2) is 0 Å². The first-order valence-corrected chi connectivity index (χ1v) is 15.3. The second-order valence-electron chi connectivity index (χ2n) is 16.2. The smallest absolute Gasteiger partial charge is 0.227 e. The summed E-state index contributed by atoms with van der Waals surface area (Å²) in [5, 5.41) is 13.4. The Balaban J connectivity index is 1.63. The van der Waals surface area contributed by atoms with Gasteiger partial charge in [-0.15, -0.1) is 0 Å². The molecule has 5 aliphatic rings. The Morgan fingerprint density at radius 2 is 1.68 bits per heavy atom. The van der Waals surface area contributed by atoms with E-state index in [2.05, 4.69) is 92.4 Å². The molecule has 0 aromatic carbocycles. The van der Waals surface area contributed by atoms with Gasteiger partial charge in [0.15, 0.2) is 0 Å².